The van der Waals surface area contributed by atoms with Crippen LogP contribution in [-0.4, -0.2) is 39.6 Å². The highest BCUT2D eigenvalue weighted by Gasteiger charge is 2.15. The zero-order valence-corrected chi connectivity index (χ0v) is 16.7. The molecule has 2 aromatic rings. The van der Waals surface area contributed by atoms with Crippen LogP contribution in [0.4, 0.5) is 5.69 Å². The van der Waals surface area contributed by atoms with Crippen LogP contribution in [0.1, 0.15) is 24.1 Å². The lowest BCUT2D eigenvalue weighted by Gasteiger charge is -2.24. The third-order valence-corrected chi connectivity index (χ3v) is 4.77. The predicted molar refractivity (Wildman–Crippen MR) is 108 cm³/mol. The molecule has 0 spiro atoms. The van der Waals surface area contributed by atoms with Crippen LogP contribution in [0.2, 0.25) is 0 Å². The van der Waals surface area contributed by atoms with Crippen LogP contribution in [0, 0.1) is 0 Å². The van der Waals surface area contributed by atoms with Crippen LogP contribution in [0.5, 0.6) is 5.75 Å². The van der Waals surface area contributed by atoms with Crippen molar-refractivity contribution in [1.82, 2.24) is 4.90 Å². The number of carbonyl (C=O) groups is 1. The molecule has 1 atom stereocenters. The fourth-order valence-electron chi connectivity index (χ4n) is 2.46. The lowest BCUT2D eigenvalue weighted by Crippen LogP contribution is -2.27. The SMILES string of the molecule is COc1ccc(C(C)N(C)C(=O)/C=C/c2ccc(NS(C)(=O)=O)cc2)cc1. The van der Waals surface area contributed by atoms with Gasteiger partial charge in [0.15, 0.2) is 0 Å². The lowest BCUT2D eigenvalue weighted by atomic mass is 10.1. The fraction of sp³-hybridized carbons (Fsp3) is 0.250. The van der Waals surface area contributed by atoms with Crippen molar-refractivity contribution >= 4 is 27.7 Å². The van der Waals surface area contributed by atoms with E-state index in [-0.39, 0.29) is 11.9 Å². The quantitative estimate of drug-likeness (QED) is 0.739. The number of sulfonamides is 1. The molecule has 144 valence electrons. The van der Waals surface area contributed by atoms with E-state index in [9.17, 15) is 13.2 Å². The van der Waals surface area contributed by atoms with Crippen molar-refractivity contribution in [3.8, 4) is 5.75 Å². The van der Waals surface area contributed by atoms with Gasteiger partial charge >= 0.3 is 0 Å². The molecule has 6 nitrogen and oxygen atoms in total. The average molecular weight is 388 g/mol. The van der Waals surface area contributed by atoms with E-state index >= 15 is 0 Å². The molecule has 0 saturated heterocycles. The zero-order valence-electron chi connectivity index (χ0n) is 15.8. The Labute approximate surface area is 160 Å². The Morgan fingerprint density at radius 3 is 2.22 bits per heavy atom. The van der Waals surface area contributed by atoms with Crippen molar-refractivity contribution < 1.29 is 17.9 Å². The number of nitrogens with zero attached hydrogens (tertiary/aromatic N) is 1. The maximum atomic E-state index is 12.4. The first-order chi connectivity index (χ1) is 12.7. The smallest absolute Gasteiger partial charge is 0.246 e. The summed E-state index contributed by atoms with van der Waals surface area (Å²) in [5.74, 6) is 0.644. The highest BCUT2D eigenvalue weighted by atomic mass is 32.2. The normalized spacial score (nSPS) is 12.6. The highest BCUT2D eigenvalue weighted by Crippen LogP contribution is 2.22. The van der Waals surface area contributed by atoms with E-state index in [2.05, 4.69) is 4.72 Å². The summed E-state index contributed by atoms with van der Waals surface area (Å²) in [7, 11) is 0.0604. The fourth-order valence-corrected chi connectivity index (χ4v) is 3.02. The van der Waals surface area contributed by atoms with Gasteiger partial charge in [-0.05, 0) is 48.4 Å². The number of hydrogen-bond acceptors (Lipinski definition) is 4. The van der Waals surface area contributed by atoms with E-state index in [0.29, 0.717) is 5.69 Å². The number of anilines is 1. The van der Waals surface area contributed by atoms with Crippen molar-refractivity contribution in [2.45, 2.75) is 13.0 Å². The van der Waals surface area contributed by atoms with E-state index in [4.69, 9.17) is 4.74 Å². The summed E-state index contributed by atoms with van der Waals surface area (Å²) in [5.41, 5.74) is 2.29. The molecule has 7 heteroatoms. The van der Waals surface area contributed by atoms with Crippen LogP contribution in [0.3, 0.4) is 0 Å². The summed E-state index contributed by atoms with van der Waals surface area (Å²) in [6.45, 7) is 1.96. The molecule has 0 fully saturated rings. The van der Waals surface area contributed by atoms with Crippen molar-refractivity contribution in [3.63, 3.8) is 0 Å². The van der Waals surface area contributed by atoms with Gasteiger partial charge in [-0.1, -0.05) is 24.3 Å². The molecule has 0 bridgehead atoms. The molecule has 2 aromatic carbocycles. The Morgan fingerprint density at radius 2 is 1.70 bits per heavy atom. The lowest BCUT2D eigenvalue weighted by molar-refractivity contribution is -0.126. The number of likely N-dealkylation sites (N-methyl/N-ethyl adjacent to an activating group) is 1. The second-order valence-corrected chi connectivity index (χ2v) is 7.98. The molecule has 1 unspecified atom stereocenters. The molecule has 0 aromatic heterocycles. The maximum Gasteiger partial charge on any atom is 0.246 e. The number of nitrogens with one attached hydrogen (secondary N) is 1. The highest BCUT2D eigenvalue weighted by molar-refractivity contribution is 7.92. The van der Waals surface area contributed by atoms with Gasteiger partial charge in [-0.3, -0.25) is 9.52 Å². The molecule has 0 radical (unpaired) electrons. The van der Waals surface area contributed by atoms with Crippen LogP contribution < -0.4 is 9.46 Å². The summed E-state index contributed by atoms with van der Waals surface area (Å²) in [4.78, 5) is 14.1. The van der Waals surface area contributed by atoms with Crippen LogP contribution in [0.25, 0.3) is 6.08 Å². The zero-order chi connectivity index (χ0) is 20.0. The summed E-state index contributed by atoms with van der Waals surface area (Å²) in [5, 5.41) is 0. The molecule has 2 rings (SSSR count). The molecule has 0 aliphatic heterocycles. The molecule has 1 amide bonds. The minimum absolute atomic E-state index is 0.0885. The monoisotopic (exact) mass is 388 g/mol. The van der Waals surface area contributed by atoms with Gasteiger partial charge in [-0.25, -0.2) is 8.42 Å². The molecule has 1 N–H and O–H groups in total. The largest absolute Gasteiger partial charge is 0.497 e. The van der Waals surface area contributed by atoms with Gasteiger partial charge in [0.1, 0.15) is 5.75 Å². The van der Waals surface area contributed by atoms with Gasteiger partial charge in [-0.15, -0.1) is 0 Å². The average Bonchev–Trinajstić information content (AvgIpc) is 2.65. The van der Waals surface area contributed by atoms with Gasteiger partial charge in [0.25, 0.3) is 0 Å². The predicted octanol–water partition coefficient (Wildman–Crippen LogP) is 3.30. The Balaban J connectivity index is 2.02. The van der Waals surface area contributed by atoms with Gasteiger partial charge < -0.3 is 9.64 Å². The number of rotatable bonds is 7. The van der Waals surface area contributed by atoms with Crippen LogP contribution in [-0.2, 0) is 14.8 Å². The number of amides is 1. The van der Waals surface area contributed by atoms with Gasteiger partial charge in [0.05, 0.1) is 19.4 Å². The third-order valence-electron chi connectivity index (χ3n) is 4.16. The Bertz CT molecular complexity index is 904. The second kappa shape index (κ2) is 8.73. The third kappa shape index (κ3) is 6.14. The maximum absolute atomic E-state index is 12.4. The van der Waals surface area contributed by atoms with E-state index in [1.807, 2.05) is 31.2 Å². The molecule has 0 aliphatic rings. The van der Waals surface area contributed by atoms with Gasteiger partial charge in [0.2, 0.25) is 15.9 Å². The van der Waals surface area contributed by atoms with Gasteiger partial charge in [0, 0.05) is 18.8 Å². The first kappa shape index (κ1) is 20.5. The van der Waals surface area contributed by atoms with E-state index in [0.717, 1.165) is 23.1 Å². The second-order valence-electron chi connectivity index (χ2n) is 6.23. The minimum atomic E-state index is -3.30. The molecule has 0 saturated carbocycles. The molecule has 0 aliphatic carbocycles. The van der Waals surface area contributed by atoms with Crippen molar-refractivity contribution in [2.75, 3.05) is 25.1 Å². The van der Waals surface area contributed by atoms with Crippen molar-refractivity contribution in [2.24, 2.45) is 0 Å². The number of hydrogen-bond donors (Lipinski definition) is 1. The standard InChI is InChI=1S/C20H24N2O4S/c1-15(17-8-12-19(26-3)13-9-17)22(2)20(23)14-7-16-5-10-18(11-6-16)21-27(4,24)25/h5-15,21H,1-4H3/b14-7+. The van der Waals surface area contributed by atoms with Crippen LogP contribution in [0.15, 0.2) is 54.6 Å². The Hall–Kier alpha value is -2.80. The summed E-state index contributed by atoms with van der Waals surface area (Å²) >= 11 is 0. The number of methoxy groups -OCH3 is 1. The Morgan fingerprint density at radius 1 is 1.11 bits per heavy atom. The molecule has 27 heavy (non-hydrogen) atoms. The summed E-state index contributed by atoms with van der Waals surface area (Å²) < 4.78 is 30.0. The topological polar surface area (TPSA) is 75.7 Å². The molecular formula is C20H24N2O4S. The van der Waals surface area contributed by atoms with Crippen LogP contribution >= 0.6 is 0 Å². The number of benzene rings is 2. The first-order valence-corrected chi connectivity index (χ1v) is 10.3. The Kier molecular flexibility index (Phi) is 6.63. The van der Waals surface area contributed by atoms with E-state index in [1.165, 1.54) is 6.08 Å². The first-order valence-electron chi connectivity index (χ1n) is 8.36. The van der Waals surface area contributed by atoms with Crippen molar-refractivity contribution in [1.29, 1.82) is 0 Å². The number of ether oxygens (including phenoxy) is 1. The minimum Gasteiger partial charge on any atom is -0.497 e. The van der Waals surface area contributed by atoms with E-state index < -0.39 is 10.0 Å². The molecular weight excluding hydrogens is 364 g/mol. The molecule has 0 heterocycles. The van der Waals surface area contributed by atoms with Gasteiger partial charge in [-0.2, -0.15) is 0 Å². The number of carbonyl (C=O) groups excluding carboxylic acids is 1. The summed E-state index contributed by atoms with van der Waals surface area (Å²) in [6, 6.07) is 14.3. The van der Waals surface area contributed by atoms with Crippen molar-refractivity contribution in [3.05, 3.63) is 65.7 Å². The van der Waals surface area contributed by atoms with E-state index in [1.54, 1.807) is 49.4 Å². The summed E-state index contributed by atoms with van der Waals surface area (Å²) in [6.07, 6.45) is 4.29.